The Bertz CT molecular complexity index is 1810. The lowest BCUT2D eigenvalue weighted by molar-refractivity contribution is -0.136. The number of piperazine rings is 1. The zero-order valence-electron chi connectivity index (χ0n) is 26.2. The van der Waals surface area contributed by atoms with Crippen molar-refractivity contribution in [2.24, 2.45) is 0 Å². The zero-order chi connectivity index (χ0) is 32.3. The van der Waals surface area contributed by atoms with Gasteiger partial charge in [-0.25, -0.2) is 9.97 Å². The molecule has 240 valence electrons. The summed E-state index contributed by atoms with van der Waals surface area (Å²) in [5.41, 5.74) is 3.88. The smallest absolute Gasteiger partial charge is 0.255 e. The Morgan fingerprint density at radius 2 is 1.87 bits per heavy atom. The summed E-state index contributed by atoms with van der Waals surface area (Å²) in [6.45, 7) is 6.24. The third-order valence-electron chi connectivity index (χ3n) is 9.21. The molecule has 2 aromatic heterocycles. The lowest BCUT2D eigenvalue weighted by Gasteiger charge is -2.34. The monoisotopic (exact) mass is 631 g/mol. The van der Waals surface area contributed by atoms with Gasteiger partial charge in [0.05, 0.1) is 24.1 Å². The van der Waals surface area contributed by atoms with Gasteiger partial charge in [0.25, 0.3) is 5.91 Å². The SMILES string of the molecule is N=C(/C=C\c1ncc(-c2cccc(N3CCN(CC#Cc4ccc5c(c4)C(=O)N(C4CCC(=O)NC4=O)C5)CC3)n2)[nH]1)N1CCCC1. The van der Waals surface area contributed by atoms with E-state index in [0.717, 1.165) is 80.4 Å². The molecule has 0 bridgehead atoms. The van der Waals surface area contributed by atoms with Crippen LogP contribution >= 0.6 is 0 Å². The van der Waals surface area contributed by atoms with Crippen LogP contribution in [0.25, 0.3) is 17.5 Å². The number of fused-ring (bicyclic) bond motifs is 1. The van der Waals surface area contributed by atoms with Gasteiger partial charge in [-0.1, -0.05) is 24.0 Å². The summed E-state index contributed by atoms with van der Waals surface area (Å²) in [5, 5.41) is 10.6. The molecule has 6 heterocycles. The first kappa shape index (κ1) is 30.4. The van der Waals surface area contributed by atoms with Gasteiger partial charge in [-0.2, -0.15) is 0 Å². The summed E-state index contributed by atoms with van der Waals surface area (Å²) in [5.74, 6) is 7.73. The van der Waals surface area contributed by atoms with Crippen LogP contribution in [-0.2, 0) is 16.1 Å². The van der Waals surface area contributed by atoms with E-state index in [0.29, 0.717) is 36.7 Å². The number of amides is 3. The molecule has 12 nitrogen and oxygen atoms in total. The number of H-pyrrole nitrogens is 1. The van der Waals surface area contributed by atoms with E-state index in [1.54, 1.807) is 17.2 Å². The number of carbonyl (C=O) groups excluding carboxylic acids is 3. The summed E-state index contributed by atoms with van der Waals surface area (Å²) >= 11 is 0. The minimum Gasteiger partial charge on any atom is -0.357 e. The van der Waals surface area contributed by atoms with Crippen molar-refractivity contribution in [1.82, 2.24) is 35.0 Å². The fourth-order valence-electron chi connectivity index (χ4n) is 6.54. The minimum atomic E-state index is -0.620. The second-order valence-corrected chi connectivity index (χ2v) is 12.3. The maximum atomic E-state index is 13.1. The molecule has 47 heavy (non-hydrogen) atoms. The minimum absolute atomic E-state index is 0.189. The first-order valence-corrected chi connectivity index (χ1v) is 16.2. The summed E-state index contributed by atoms with van der Waals surface area (Å²) in [6.07, 6.45) is 8.30. The highest BCUT2D eigenvalue weighted by Crippen LogP contribution is 2.28. The molecule has 3 amide bonds. The van der Waals surface area contributed by atoms with Gasteiger partial charge < -0.3 is 19.7 Å². The molecular weight excluding hydrogens is 594 g/mol. The highest BCUT2D eigenvalue weighted by molar-refractivity contribution is 6.05. The lowest BCUT2D eigenvalue weighted by atomic mass is 10.0. The molecule has 3 aromatic rings. The molecule has 7 rings (SSSR count). The predicted molar refractivity (Wildman–Crippen MR) is 177 cm³/mol. The third-order valence-corrected chi connectivity index (χ3v) is 9.21. The summed E-state index contributed by atoms with van der Waals surface area (Å²) in [7, 11) is 0. The summed E-state index contributed by atoms with van der Waals surface area (Å²) in [4.78, 5) is 57.9. The molecule has 1 aromatic carbocycles. The maximum absolute atomic E-state index is 13.1. The first-order chi connectivity index (χ1) is 22.9. The summed E-state index contributed by atoms with van der Waals surface area (Å²) in [6, 6.07) is 11.0. The van der Waals surface area contributed by atoms with E-state index in [1.165, 1.54) is 0 Å². The van der Waals surface area contributed by atoms with E-state index in [9.17, 15) is 14.4 Å². The quantitative estimate of drug-likeness (QED) is 0.163. The number of amidine groups is 1. The van der Waals surface area contributed by atoms with Crippen LogP contribution in [0.4, 0.5) is 5.82 Å². The van der Waals surface area contributed by atoms with Crippen molar-refractivity contribution in [1.29, 1.82) is 5.41 Å². The summed E-state index contributed by atoms with van der Waals surface area (Å²) < 4.78 is 0. The van der Waals surface area contributed by atoms with Crippen molar-refractivity contribution in [2.75, 3.05) is 50.7 Å². The Kier molecular flexibility index (Phi) is 8.54. The third kappa shape index (κ3) is 6.66. The average molecular weight is 632 g/mol. The molecule has 3 saturated heterocycles. The van der Waals surface area contributed by atoms with Crippen molar-refractivity contribution in [3.63, 3.8) is 0 Å². The number of benzene rings is 1. The number of piperidine rings is 1. The van der Waals surface area contributed by atoms with E-state index in [2.05, 4.69) is 41.8 Å². The normalized spacial score (nSPS) is 20.0. The van der Waals surface area contributed by atoms with E-state index in [1.807, 2.05) is 42.5 Å². The van der Waals surface area contributed by atoms with Gasteiger partial charge in [-0.05, 0) is 61.2 Å². The highest BCUT2D eigenvalue weighted by atomic mass is 16.2. The van der Waals surface area contributed by atoms with Gasteiger partial charge in [0, 0.05) is 63.4 Å². The first-order valence-electron chi connectivity index (χ1n) is 16.2. The number of carbonyl (C=O) groups is 3. The van der Waals surface area contributed by atoms with Gasteiger partial charge in [0.15, 0.2) is 0 Å². The number of imide groups is 1. The lowest BCUT2D eigenvalue weighted by Crippen LogP contribution is -2.52. The molecule has 0 spiro atoms. The number of nitrogens with zero attached hydrogens (tertiary/aromatic N) is 6. The topological polar surface area (TPSA) is 142 Å². The van der Waals surface area contributed by atoms with Crippen LogP contribution in [0.1, 0.15) is 53.0 Å². The van der Waals surface area contributed by atoms with Crippen LogP contribution in [0.5, 0.6) is 0 Å². The van der Waals surface area contributed by atoms with Gasteiger partial charge >= 0.3 is 0 Å². The number of likely N-dealkylation sites (tertiary alicyclic amines) is 1. The van der Waals surface area contributed by atoms with E-state index in [-0.39, 0.29) is 18.2 Å². The van der Waals surface area contributed by atoms with Crippen LogP contribution < -0.4 is 10.2 Å². The standard InChI is InChI=1S/C35H37N9O3/c36-30(42-15-1-2-16-42)11-12-31-37-22-28(38-31)27-6-3-7-32(39-27)43-19-17-41(18-20-43)14-4-5-24-8-9-25-23-44(35(47)26(25)21-24)29-10-13-33(45)40-34(29)46/h3,6-9,11-12,21-22,29,36H,1-2,10,13-20,23H2,(H,37,38)(H,40,45,46)/b12-11-,36-30?. The number of hydrogen-bond donors (Lipinski definition) is 3. The molecule has 0 saturated carbocycles. The molecular formula is C35H37N9O3. The Hall–Kier alpha value is -5.28. The largest absolute Gasteiger partial charge is 0.357 e. The molecule has 4 aliphatic rings. The van der Waals surface area contributed by atoms with Crippen molar-refractivity contribution in [3.05, 3.63) is 71.2 Å². The number of anilines is 1. The molecule has 3 N–H and O–H groups in total. The van der Waals surface area contributed by atoms with Gasteiger partial charge in [-0.3, -0.25) is 30.0 Å². The Balaban J connectivity index is 0.914. The van der Waals surface area contributed by atoms with Crippen molar-refractivity contribution in [2.45, 2.75) is 38.3 Å². The number of imidazole rings is 1. The van der Waals surface area contributed by atoms with Gasteiger partial charge in [-0.15, -0.1) is 0 Å². The predicted octanol–water partition coefficient (Wildman–Crippen LogP) is 2.49. The Morgan fingerprint density at radius 3 is 2.68 bits per heavy atom. The molecule has 12 heteroatoms. The molecule has 4 aliphatic heterocycles. The van der Waals surface area contributed by atoms with Crippen molar-refractivity contribution in [3.8, 4) is 23.2 Å². The molecule has 1 unspecified atom stereocenters. The van der Waals surface area contributed by atoms with E-state index >= 15 is 0 Å². The van der Waals surface area contributed by atoms with Gasteiger partial charge in [0.2, 0.25) is 11.8 Å². The van der Waals surface area contributed by atoms with Crippen molar-refractivity contribution >= 4 is 35.5 Å². The number of hydrogen-bond acceptors (Lipinski definition) is 8. The zero-order valence-corrected chi connectivity index (χ0v) is 26.2. The maximum Gasteiger partial charge on any atom is 0.255 e. The number of nitrogens with one attached hydrogen (secondary N) is 3. The van der Waals surface area contributed by atoms with Crippen LogP contribution in [0, 0.1) is 17.3 Å². The van der Waals surface area contributed by atoms with Crippen LogP contribution in [0.2, 0.25) is 0 Å². The molecule has 3 fully saturated rings. The molecule has 0 aliphatic carbocycles. The second-order valence-electron chi connectivity index (χ2n) is 12.3. The number of rotatable bonds is 6. The molecule has 1 atom stereocenters. The van der Waals surface area contributed by atoms with Crippen LogP contribution in [0.3, 0.4) is 0 Å². The Labute approximate surface area is 273 Å². The van der Waals surface area contributed by atoms with Crippen molar-refractivity contribution < 1.29 is 14.4 Å². The average Bonchev–Trinajstić information content (AvgIpc) is 3.86. The number of pyridine rings is 1. The highest BCUT2D eigenvalue weighted by Gasteiger charge is 2.39. The fraction of sp³-hybridized carbons (Fsp3) is 0.371. The number of aromatic amines is 1. The van der Waals surface area contributed by atoms with E-state index in [4.69, 9.17) is 10.4 Å². The Morgan fingerprint density at radius 1 is 1.04 bits per heavy atom. The van der Waals surface area contributed by atoms with E-state index < -0.39 is 11.9 Å². The molecule has 0 radical (unpaired) electrons. The number of aromatic nitrogens is 3. The van der Waals surface area contributed by atoms with Crippen LogP contribution in [0.15, 0.2) is 48.7 Å². The van der Waals surface area contributed by atoms with Crippen LogP contribution in [-0.4, -0.2) is 105 Å². The fourth-order valence-corrected chi connectivity index (χ4v) is 6.54. The second kappa shape index (κ2) is 13.2. The van der Waals surface area contributed by atoms with Gasteiger partial charge in [0.1, 0.15) is 23.5 Å².